The van der Waals surface area contributed by atoms with Gasteiger partial charge in [-0.3, -0.25) is 4.79 Å². The molecule has 0 spiro atoms. The monoisotopic (exact) mass is 328 g/mol. The van der Waals surface area contributed by atoms with Crippen LogP contribution in [0.5, 0.6) is 0 Å². The number of ether oxygens (including phenoxy) is 1. The number of para-hydroxylation sites is 1. The maximum absolute atomic E-state index is 12.0. The third kappa shape index (κ3) is 4.72. The van der Waals surface area contributed by atoms with Crippen LogP contribution in [0.2, 0.25) is 0 Å². The largest absolute Gasteiger partial charge is 0.467 e. The molecule has 5 heteroatoms. The van der Waals surface area contributed by atoms with Crippen LogP contribution in [0.3, 0.4) is 0 Å². The summed E-state index contributed by atoms with van der Waals surface area (Å²) in [6.07, 6.45) is 6.35. The van der Waals surface area contributed by atoms with Crippen molar-refractivity contribution >= 4 is 22.8 Å². The second-order valence-corrected chi connectivity index (χ2v) is 6.18. The number of H-pyrrole nitrogens is 1. The van der Waals surface area contributed by atoms with E-state index >= 15 is 0 Å². The van der Waals surface area contributed by atoms with E-state index in [2.05, 4.69) is 24.1 Å². The molecule has 0 aliphatic heterocycles. The summed E-state index contributed by atoms with van der Waals surface area (Å²) < 4.78 is 4.83. The number of hydrogen-bond donors (Lipinski definition) is 2. The second kappa shape index (κ2) is 8.34. The molecule has 2 rings (SSSR count). The van der Waals surface area contributed by atoms with Crippen molar-refractivity contribution in [3.05, 3.63) is 48.2 Å². The highest BCUT2D eigenvalue weighted by Crippen LogP contribution is 2.19. The van der Waals surface area contributed by atoms with Crippen LogP contribution in [0.4, 0.5) is 0 Å². The SMILES string of the molecule is COC(=O)[C@H](Cc1c[nH]c2ccccc12)NC(=O)/C=C\CC(C)C. The van der Waals surface area contributed by atoms with Gasteiger partial charge < -0.3 is 15.0 Å². The van der Waals surface area contributed by atoms with E-state index in [1.807, 2.05) is 36.5 Å². The molecule has 0 saturated heterocycles. The lowest BCUT2D eigenvalue weighted by Crippen LogP contribution is -2.42. The predicted octanol–water partition coefficient (Wildman–Crippen LogP) is 2.97. The number of rotatable bonds is 7. The minimum absolute atomic E-state index is 0.286. The van der Waals surface area contributed by atoms with Crippen molar-refractivity contribution in [2.75, 3.05) is 7.11 Å². The lowest BCUT2D eigenvalue weighted by molar-refractivity contribution is -0.144. The van der Waals surface area contributed by atoms with Crippen molar-refractivity contribution in [1.29, 1.82) is 0 Å². The summed E-state index contributed by atoms with van der Waals surface area (Å²) in [5, 5.41) is 3.77. The third-order valence-corrected chi connectivity index (χ3v) is 3.78. The molecule has 128 valence electrons. The maximum atomic E-state index is 12.0. The Morgan fingerprint density at radius 2 is 2.04 bits per heavy atom. The van der Waals surface area contributed by atoms with Gasteiger partial charge in [-0.05, 0) is 30.0 Å². The van der Waals surface area contributed by atoms with E-state index in [-0.39, 0.29) is 5.91 Å². The fraction of sp³-hybridized carbons (Fsp3) is 0.368. The summed E-state index contributed by atoms with van der Waals surface area (Å²) in [6, 6.07) is 7.13. The lowest BCUT2D eigenvalue weighted by atomic mass is 10.0. The van der Waals surface area contributed by atoms with Crippen LogP contribution in [0.1, 0.15) is 25.8 Å². The van der Waals surface area contributed by atoms with Crippen molar-refractivity contribution in [2.24, 2.45) is 5.92 Å². The Hall–Kier alpha value is -2.56. The number of benzene rings is 1. The van der Waals surface area contributed by atoms with E-state index in [0.29, 0.717) is 12.3 Å². The van der Waals surface area contributed by atoms with E-state index < -0.39 is 12.0 Å². The first-order valence-corrected chi connectivity index (χ1v) is 8.11. The quantitative estimate of drug-likeness (QED) is 0.606. The maximum Gasteiger partial charge on any atom is 0.328 e. The first kappa shape index (κ1) is 17.8. The van der Waals surface area contributed by atoms with Gasteiger partial charge in [-0.1, -0.05) is 38.1 Å². The topological polar surface area (TPSA) is 71.2 Å². The van der Waals surface area contributed by atoms with Gasteiger partial charge in [0.2, 0.25) is 5.91 Å². The molecule has 0 aliphatic carbocycles. The Bertz CT molecular complexity index is 731. The zero-order valence-corrected chi connectivity index (χ0v) is 14.3. The molecule has 1 aromatic heterocycles. The Kier molecular flexibility index (Phi) is 6.18. The molecular weight excluding hydrogens is 304 g/mol. The van der Waals surface area contributed by atoms with E-state index in [1.165, 1.54) is 13.2 Å². The van der Waals surface area contributed by atoms with Crippen LogP contribution in [0, 0.1) is 5.92 Å². The molecule has 0 aliphatic rings. The number of hydrogen-bond acceptors (Lipinski definition) is 3. The summed E-state index contributed by atoms with van der Waals surface area (Å²) in [6.45, 7) is 4.16. The van der Waals surface area contributed by atoms with E-state index in [0.717, 1.165) is 22.9 Å². The van der Waals surface area contributed by atoms with E-state index in [4.69, 9.17) is 4.74 Å². The van der Waals surface area contributed by atoms with Gasteiger partial charge in [0.15, 0.2) is 0 Å². The number of methoxy groups -OCH3 is 1. The molecule has 0 unspecified atom stereocenters. The molecule has 1 atom stereocenters. The van der Waals surface area contributed by atoms with Gasteiger partial charge >= 0.3 is 5.97 Å². The van der Waals surface area contributed by atoms with Crippen molar-refractivity contribution in [3.63, 3.8) is 0 Å². The number of fused-ring (bicyclic) bond motifs is 1. The van der Waals surface area contributed by atoms with Crippen LogP contribution in [0.15, 0.2) is 42.6 Å². The predicted molar refractivity (Wildman–Crippen MR) is 94.5 cm³/mol. The smallest absolute Gasteiger partial charge is 0.328 e. The van der Waals surface area contributed by atoms with Gasteiger partial charge in [0.05, 0.1) is 7.11 Å². The number of aromatic amines is 1. The molecule has 0 radical (unpaired) electrons. The number of aromatic nitrogens is 1. The summed E-state index contributed by atoms with van der Waals surface area (Å²) in [5.74, 6) is -0.256. The molecule has 2 N–H and O–H groups in total. The molecule has 0 saturated carbocycles. The summed E-state index contributed by atoms with van der Waals surface area (Å²) in [7, 11) is 1.32. The number of nitrogens with one attached hydrogen (secondary N) is 2. The molecule has 1 amide bonds. The molecule has 5 nitrogen and oxygen atoms in total. The van der Waals surface area contributed by atoms with Gasteiger partial charge in [-0.25, -0.2) is 4.79 Å². The number of esters is 1. The number of carbonyl (C=O) groups is 2. The van der Waals surface area contributed by atoms with Crippen molar-refractivity contribution in [1.82, 2.24) is 10.3 Å². The van der Waals surface area contributed by atoms with Crippen molar-refractivity contribution in [3.8, 4) is 0 Å². The fourth-order valence-electron chi connectivity index (χ4n) is 2.52. The summed E-state index contributed by atoms with van der Waals surface area (Å²) in [4.78, 5) is 27.2. The summed E-state index contributed by atoms with van der Waals surface area (Å²) in [5.41, 5.74) is 1.96. The molecule has 24 heavy (non-hydrogen) atoms. The van der Waals surface area contributed by atoms with Crippen molar-refractivity contribution < 1.29 is 14.3 Å². The zero-order valence-electron chi connectivity index (χ0n) is 14.3. The van der Waals surface area contributed by atoms with Gasteiger partial charge in [0.25, 0.3) is 0 Å². The zero-order chi connectivity index (χ0) is 17.5. The minimum atomic E-state index is -0.717. The third-order valence-electron chi connectivity index (χ3n) is 3.78. The van der Waals surface area contributed by atoms with Crippen molar-refractivity contribution in [2.45, 2.75) is 32.7 Å². The van der Waals surface area contributed by atoms with E-state index in [1.54, 1.807) is 0 Å². The molecule has 1 heterocycles. The van der Waals surface area contributed by atoms with Gasteiger partial charge in [0.1, 0.15) is 6.04 Å². The number of allylic oxidation sites excluding steroid dienone is 1. The van der Waals surface area contributed by atoms with Crippen LogP contribution < -0.4 is 5.32 Å². The highest BCUT2D eigenvalue weighted by atomic mass is 16.5. The fourth-order valence-corrected chi connectivity index (χ4v) is 2.52. The first-order chi connectivity index (χ1) is 11.5. The molecule has 0 fully saturated rings. The average Bonchev–Trinajstić information content (AvgIpc) is 2.96. The standard InChI is InChI=1S/C19H24N2O3/c1-13(2)7-6-10-18(22)21-17(19(23)24-3)11-14-12-20-16-9-5-4-8-15(14)16/h4-6,8-10,12-13,17,20H,7,11H2,1-3H3,(H,21,22)/b10-6-/t17-/m0/s1. The average molecular weight is 328 g/mol. The molecular formula is C19H24N2O3. The van der Waals surface area contributed by atoms with Crippen LogP contribution in [0.25, 0.3) is 10.9 Å². The lowest BCUT2D eigenvalue weighted by Gasteiger charge is -2.15. The number of carbonyl (C=O) groups excluding carboxylic acids is 2. The molecule has 1 aromatic carbocycles. The van der Waals surface area contributed by atoms with Gasteiger partial charge in [0, 0.05) is 23.5 Å². The Balaban J connectivity index is 2.10. The first-order valence-electron chi connectivity index (χ1n) is 8.11. The normalized spacial score (nSPS) is 12.7. The molecule has 2 aromatic rings. The highest BCUT2D eigenvalue weighted by molar-refractivity contribution is 5.92. The van der Waals surface area contributed by atoms with Gasteiger partial charge in [-0.2, -0.15) is 0 Å². The van der Waals surface area contributed by atoms with Gasteiger partial charge in [-0.15, -0.1) is 0 Å². The van der Waals surface area contributed by atoms with Crippen LogP contribution in [-0.4, -0.2) is 30.0 Å². The van der Waals surface area contributed by atoms with E-state index in [9.17, 15) is 9.59 Å². The Labute approximate surface area is 142 Å². The Morgan fingerprint density at radius 1 is 1.29 bits per heavy atom. The minimum Gasteiger partial charge on any atom is -0.467 e. The second-order valence-electron chi connectivity index (χ2n) is 6.18. The van der Waals surface area contributed by atoms with Crippen LogP contribution in [-0.2, 0) is 20.7 Å². The molecule has 0 bridgehead atoms. The highest BCUT2D eigenvalue weighted by Gasteiger charge is 2.22. The van der Waals surface area contributed by atoms with Crippen LogP contribution >= 0.6 is 0 Å². The Morgan fingerprint density at radius 3 is 2.75 bits per heavy atom. The number of amides is 1. The summed E-state index contributed by atoms with van der Waals surface area (Å²) >= 11 is 0.